The summed E-state index contributed by atoms with van der Waals surface area (Å²) in [4.78, 5) is 0. The predicted octanol–water partition coefficient (Wildman–Crippen LogP) is 4.25. The van der Waals surface area contributed by atoms with Gasteiger partial charge in [0, 0.05) is 29.5 Å². The third kappa shape index (κ3) is 7.33. The average molecular weight is 430 g/mol. The van der Waals surface area contributed by atoms with Crippen molar-refractivity contribution >= 4 is 24.0 Å². The van der Waals surface area contributed by atoms with Crippen LogP contribution < -0.4 is 27.0 Å². The summed E-state index contributed by atoms with van der Waals surface area (Å²) >= 11 is 4.53. The normalized spacial score (nSPS) is 22.8. The summed E-state index contributed by atoms with van der Waals surface area (Å²) in [7, 11) is 0. The first-order valence-corrected chi connectivity index (χ1v) is 11.2. The van der Waals surface area contributed by atoms with Crippen LogP contribution in [0.15, 0.2) is 55.4 Å². The van der Waals surface area contributed by atoms with Crippen molar-refractivity contribution in [2.24, 2.45) is 17.6 Å². The van der Waals surface area contributed by atoms with Crippen molar-refractivity contribution in [2.75, 3.05) is 11.9 Å². The molecule has 2 rings (SSSR count). The van der Waals surface area contributed by atoms with E-state index >= 15 is 0 Å². The van der Waals surface area contributed by atoms with Crippen LogP contribution in [0.4, 0.5) is 5.69 Å². The molecule has 0 bridgehead atoms. The summed E-state index contributed by atoms with van der Waals surface area (Å²) in [6.07, 6.45) is 5.94. The lowest BCUT2D eigenvalue weighted by atomic mass is 9.88. The molecule has 0 amide bonds. The second kappa shape index (κ2) is 10.8. The van der Waals surface area contributed by atoms with E-state index in [0.29, 0.717) is 23.7 Å². The smallest absolute Gasteiger partial charge is 0.143 e. The number of nitrogens with two attached hydrogens (primary N) is 1. The van der Waals surface area contributed by atoms with E-state index in [4.69, 9.17) is 5.73 Å². The quantitative estimate of drug-likeness (QED) is 0.180. The Morgan fingerprint density at radius 1 is 1.37 bits per heavy atom. The van der Waals surface area contributed by atoms with Crippen LogP contribution in [-0.2, 0) is 0 Å². The number of hydrogen-bond donors (Lipinski definition) is 6. The van der Waals surface area contributed by atoms with Crippen molar-refractivity contribution in [2.45, 2.75) is 57.6 Å². The molecule has 0 radical (unpaired) electrons. The molecule has 6 heteroatoms. The number of anilines is 1. The zero-order valence-electron chi connectivity index (χ0n) is 18.8. The highest BCUT2D eigenvalue weighted by atomic mass is 32.1. The van der Waals surface area contributed by atoms with E-state index in [1.165, 1.54) is 6.42 Å². The van der Waals surface area contributed by atoms with Gasteiger partial charge in [-0.05, 0) is 69.2 Å². The molecule has 4 atom stereocenters. The summed E-state index contributed by atoms with van der Waals surface area (Å²) in [5.74, 6) is 1.51. The van der Waals surface area contributed by atoms with Crippen LogP contribution in [-0.4, -0.2) is 23.6 Å². The molecule has 0 aromatic heterocycles. The van der Waals surface area contributed by atoms with Gasteiger partial charge >= 0.3 is 0 Å². The maximum absolute atomic E-state index is 6.04. The molecule has 1 heterocycles. The van der Waals surface area contributed by atoms with Crippen LogP contribution in [0.5, 0.6) is 0 Å². The van der Waals surface area contributed by atoms with Gasteiger partial charge in [-0.25, -0.2) is 0 Å². The summed E-state index contributed by atoms with van der Waals surface area (Å²) < 4.78 is 0. The summed E-state index contributed by atoms with van der Waals surface area (Å²) in [5, 5.41) is 13.6. The monoisotopic (exact) mass is 429 g/mol. The topological polar surface area (TPSA) is 74.1 Å². The predicted molar refractivity (Wildman–Crippen MR) is 134 cm³/mol. The molecule has 1 aromatic rings. The highest BCUT2D eigenvalue weighted by molar-refractivity contribution is 7.81. The molecule has 0 saturated carbocycles. The number of nitrogens with one attached hydrogen (secondary N) is 4. The molecule has 5 nitrogen and oxygen atoms in total. The molecular weight excluding hydrogens is 390 g/mol. The highest BCUT2D eigenvalue weighted by Crippen LogP contribution is 2.29. The SMILES string of the molecule is C=CCC(C)/C=C(\N)NC(S)Nc1ccc(C(=C)NCC2CC(C)NC2(C)C)cc1. The Hall–Kier alpha value is -2.05. The summed E-state index contributed by atoms with van der Waals surface area (Å²) in [6, 6.07) is 8.73. The third-order valence-corrected chi connectivity index (χ3v) is 5.94. The van der Waals surface area contributed by atoms with Crippen LogP contribution in [0.3, 0.4) is 0 Å². The molecule has 166 valence electrons. The fourth-order valence-electron chi connectivity index (χ4n) is 4.03. The molecule has 1 saturated heterocycles. The van der Waals surface area contributed by atoms with Gasteiger partial charge < -0.3 is 27.0 Å². The van der Waals surface area contributed by atoms with Crippen molar-refractivity contribution in [3.63, 3.8) is 0 Å². The molecule has 1 aliphatic heterocycles. The zero-order valence-corrected chi connectivity index (χ0v) is 19.7. The van der Waals surface area contributed by atoms with Crippen LogP contribution in [0.2, 0.25) is 0 Å². The van der Waals surface area contributed by atoms with E-state index in [2.05, 4.69) is 86.9 Å². The second-order valence-corrected chi connectivity index (χ2v) is 9.47. The van der Waals surface area contributed by atoms with Gasteiger partial charge in [0.15, 0.2) is 0 Å². The van der Waals surface area contributed by atoms with Crippen LogP contribution in [0, 0.1) is 11.8 Å². The molecule has 30 heavy (non-hydrogen) atoms. The maximum atomic E-state index is 6.04. The number of benzene rings is 1. The Balaban J connectivity index is 1.84. The summed E-state index contributed by atoms with van der Waals surface area (Å²) in [6.45, 7) is 17.8. The van der Waals surface area contributed by atoms with Gasteiger partial charge in [0.25, 0.3) is 0 Å². The van der Waals surface area contributed by atoms with Crippen molar-refractivity contribution in [1.29, 1.82) is 0 Å². The van der Waals surface area contributed by atoms with E-state index in [9.17, 15) is 0 Å². The zero-order chi connectivity index (χ0) is 22.3. The van der Waals surface area contributed by atoms with Gasteiger partial charge in [0.2, 0.25) is 0 Å². The third-order valence-electron chi connectivity index (χ3n) is 5.68. The van der Waals surface area contributed by atoms with Gasteiger partial charge in [-0.3, -0.25) is 0 Å². The molecule has 1 aliphatic rings. The minimum atomic E-state index is -0.288. The van der Waals surface area contributed by atoms with Crippen molar-refractivity contribution < 1.29 is 0 Å². The maximum Gasteiger partial charge on any atom is 0.143 e. The summed E-state index contributed by atoms with van der Waals surface area (Å²) in [5.41, 5.74) is 8.88. The van der Waals surface area contributed by atoms with Crippen LogP contribution in [0.1, 0.15) is 46.1 Å². The van der Waals surface area contributed by atoms with E-state index in [1.807, 2.05) is 24.3 Å². The minimum absolute atomic E-state index is 0.148. The molecule has 4 unspecified atom stereocenters. The van der Waals surface area contributed by atoms with Gasteiger partial charge in [-0.15, -0.1) is 19.2 Å². The fourth-order valence-corrected chi connectivity index (χ4v) is 4.32. The number of thiol groups is 1. The number of allylic oxidation sites excluding steroid dienone is 2. The van der Waals surface area contributed by atoms with Gasteiger partial charge in [0.1, 0.15) is 5.50 Å². The molecule has 0 aliphatic carbocycles. The number of hydrogen-bond acceptors (Lipinski definition) is 6. The van der Waals surface area contributed by atoms with E-state index < -0.39 is 0 Å². The van der Waals surface area contributed by atoms with Gasteiger partial charge in [-0.1, -0.05) is 31.7 Å². The molecule has 0 spiro atoms. The second-order valence-electron chi connectivity index (χ2n) is 8.95. The van der Waals surface area contributed by atoms with Gasteiger partial charge in [0.05, 0.1) is 5.82 Å². The Bertz CT molecular complexity index is 740. The Morgan fingerprint density at radius 2 is 2.03 bits per heavy atom. The van der Waals surface area contributed by atoms with Crippen molar-refractivity contribution in [1.82, 2.24) is 16.0 Å². The standard InChI is InChI=1S/C24H39N5S/c1-7-8-16(2)13-22(25)28-23(30)27-21-11-9-19(10-12-21)18(4)26-15-20-14-17(3)29-24(20,5)6/h7,9-13,16-17,20,23,26-30H,1,4,8,14-15,25H2,2-3,5-6H3/b22-13+. The van der Waals surface area contributed by atoms with Crippen LogP contribution >= 0.6 is 12.6 Å². The first kappa shape index (κ1) is 24.2. The minimum Gasteiger partial charge on any atom is -0.386 e. The van der Waals surface area contributed by atoms with Gasteiger partial charge in [-0.2, -0.15) is 0 Å². The van der Waals surface area contributed by atoms with E-state index in [0.717, 1.165) is 29.9 Å². The molecular formula is C24H39N5S. The number of rotatable bonds is 11. The van der Waals surface area contributed by atoms with Crippen molar-refractivity contribution in [3.05, 3.63) is 61.0 Å². The first-order chi connectivity index (χ1) is 14.1. The van der Waals surface area contributed by atoms with Crippen molar-refractivity contribution in [3.8, 4) is 0 Å². The largest absolute Gasteiger partial charge is 0.386 e. The fraction of sp³-hybridized carbons (Fsp3) is 0.500. The van der Waals surface area contributed by atoms with Crippen LogP contribution in [0.25, 0.3) is 5.70 Å². The lowest BCUT2D eigenvalue weighted by Crippen LogP contribution is -2.43. The highest BCUT2D eigenvalue weighted by Gasteiger charge is 2.37. The first-order valence-electron chi connectivity index (χ1n) is 10.7. The molecule has 1 aromatic carbocycles. The molecule has 6 N–H and O–H groups in total. The van der Waals surface area contributed by atoms with E-state index in [1.54, 1.807) is 0 Å². The molecule has 1 fully saturated rings. The van der Waals surface area contributed by atoms with E-state index in [-0.39, 0.29) is 11.0 Å². The average Bonchev–Trinajstić information content (AvgIpc) is 2.91. The lowest BCUT2D eigenvalue weighted by Gasteiger charge is -2.28. The Morgan fingerprint density at radius 3 is 2.60 bits per heavy atom. The Labute approximate surface area is 188 Å². The Kier molecular flexibility index (Phi) is 8.74. The lowest BCUT2D eigenvalue weighted by molar-refractivity contribution is 0.330.